The molecule has 0 aliphatic rings. The van der Waals surface area contributed by atoms with Gasteiger partial charge in [-0.1, -0.05) is 12.1 Å². The Hall–Kier alpha value is -1.95. The van der Waals surface area contributed by atoms with Gasteiger partial charge in [-0.15, -0.1) is 11.3 Å². The number of aryl methyl sites for hydroxylation is 2. The highest BCUT2D eigenvalue weighted by atomic mass is 32.1. The quantitative estimate of drug-likeness (QED) is 0.630. The lowest BCUT2D eigenvalue weighted by atomic mass is 10.1. The summed E-state index contributed by atoms with van der Waals surface area (Å²) >= 11 is 1.69. The number of thiazole rings is 1. The van der Waals surface area contributed by atoms with Crippen LogP contribution in [-0.4, -0.2) is 24.0 Å². The molecule has 0 aliphatic heterocycles. The van der Waals surface area contributed by atoms with Crippen molar-refractivity contribution >= 4 is 17.3 Å². The van der Waals surface area contributed by atoms with Gasteiger partial charge in [0.1, 0.15) is 10.8 Å². The van der Waals surface area contributed by atoms with Crippen molar-refractivity contribution in [2.24, 2.45) is 4.99 Å². The van der Waals surface area contributed by atoms with Crippen LogP contribution in [0.2, 0.25) is 0 Å². The van der Waals surface area contributed by atoms with Crippen molar-refractivity contribution in [2.45, 2.75) is 33.7 Å². The Balaban J connectivity index is 1.87. The first-order valence-corrected chi connectivity index (χ1v) is 8.59. The molecule has 6 heteroatoms. The molecule has 0 bridgehead atoms. The molecule has 0 fully saturated rings. The third-order valence-electron chi connectivity index (χ3n) is 3.41. The van der Waals surface area contributed by atoms with Crippen LogP contribution >= 0.6 is 11.3 Å². The van der Waals surface area contributed by atoms with Gasteiger partial charge in [-0.3, -0.25) is 0 Å². The van der Waals surface area contributed by atoms with Gasteiger partial charge in [0.25, 0.3) is 0 Å². The molecule has 124 valence electrons. The summed E-state index contributed by atoms with van der Waals surface area (Å²) < 4.78 is 12.9. The molecular weight excluding hydrogens is 311 g/mol. The molecular formula is C17H23FN4S. The van der Waals surface area contributed by atoms with Crippen molar-refractivity contribution < 1.29 is 4.39 Å². The highest BCUT2D eigenvalue weighted by Crippen LogP contribution is 2.16. The Kier molecular flexibility index (Phi) is 6.52. The summed E-state index contributed by atoms with van der Waals surface area (Å²) in [4.78, 5) is 10.3. The lowest BCUT2D eigenvalue weighted by molar-refractivity contribution is 0.626. The van der Waals surface area contributed by atoms with E-state index in [1.54, 1.807) is 11.3 Å². The predicted octanol–water partition coefficient (Wildman–Crippen LogP) is 3.20. The van der Waals surface area contributed by atoms with Crippen LogP contribution in [0.15, 0.2) is 29.3 Å². The minimum absolute atomic E-state index is 0.203. The molecule has 1 heterocycles. The standard InChI is InChI=1S/C17H23FN4S/c1-4-19-17(21-11-16-22-12(2)13(3)23-16)20-10-9-14-5-7-15(18)8-6-14/h5-8H,4,9-11H2,1-3H3,(H2,19,20,21). The second-order valence-corrected chi connectivity index (χ2v) is 6.54. The minimum atomic E-state index is -0.203. The third kappa shape index (κ3) is 5.63. The fourth-order valence-electron chi connectivity index (χ4n) is 2.07. The average Bonchev–Trinajstić information content (AvgIpc) is 2.85. The maximum atomic E-state index is 12.9. The Morgan fingerprint density at radius 1 is 1.22 bits per heavy atom. The van der Waals surface area contributed by atoms with E-state index in [0.29, 0.717) is 6.54 Å². The number of nitrogens with zero attached hydrogens (tertiary/aromatic N) is 2. The monoisotopic (exact) mass is 334 g/mol. The molecule has 23 heavy (non-hydrogen) atoms. The maximum Gasteiger partial charge on any atom is 0.191 e. The fourth-order valence-corrected chi connectivity index (χ4v) is 2.93. The Bertz CT molecular complexity index is 630. The highest BCUT2D eigenvalue weighted by molar-refractivity contribution is 7.11. The van der Waals surface area contributed by atoms with Crippen LogP contribution in [0, 0.1) is 19.7 Å². The van der Waals surface area contributed by atoms with Crippen molar-refractivity contribution in [3.8, 4) is 0 Å². The Morgan fingerprint density at radius 2 is 1.96 bits per heavy atom. The zero-order valence-electron chi connectivity index (χ0n) is 13.8. The fraction of sp³-hybridized carbons (Fsp3) is 0.412. The molecule has 2 N–H and O–H groups in total. The van der Waals surface area contributed by atoms with Crippen molar-refractivity contribution in [3.05, 3.63) is 51.2 Å². The van der Waals surface area contributed by atoms with Crippen molar-refractivity contribution in [1.82, 2.24) is 15.6 Å². The van der Waals surface area contributed by atoms with Crippen LogP contribution in [0.1, 0.15) is 28.1 Å². The van der Waals surface area contributed by atoms with Gasteiger partial charge in [-0.2, -0.15) is 0 Å². The van der Waals surface area contributed by atoms with E-state index in [-0.39, 0.29) is 5.82 Å². The van der Waals surface area contributed by atoms with Gasteiger partial charge in [0.15, 0.2) is 5.96 Å². The predicted molar refractivity (Wildman–Crippen MR) is 94.5 cm³/mol. The molecule has 0 saturated heterocycles. The minimum Gasteiger partial charge on any atom is -0.357 e. The van der Waals surface area contributed by atoms with E-state index in [0.717, 1.165) is 41.7 Å². The van der Waals surface area contributed by atoms with E-state index >= 15 is 0 Å². The largest absolute Gasteiger partial charge is 0.357 e. The second-order valence-electron chi connectivity index (χ2n) is 5.25. The van der Waals surface area contributed by atoms with Gasteiger partial charge in [0, 0.05) is 18.0 Å². The van der Waals surface area contributed by atoms with Crippen molar-refractivity contribution in [3.63, 3.8) is 0 Å². The van der Waals surface area contributed by atoms with E-state index in [1.807, 2.05) is 26.0 Å². The van der Waals surface area contributed by atoms with Crippen LogP contribution in [0.25, 0.3) is 0 Å². The summed E-state index contributed by atoms with van der Waals surface area (Å²) in [5.74, 6) is 0.575. The van der Waals surface area contributed by atoms with E-state index in [2.05, 4.69) is 27.5 Å². The number of aliphatic imine (C=N–C) groups is 1. The van der Waals surface area contributed by atoms with Crippen LogP contribution in [0.5, 0.6) is 0 Å². The molecule has 0 saturated carbocycles. The number of guanidine groups is 1. The van der Waals surface area contributed by atoms with Gasteiger partial charge >= 0.3 is 0 Å². The lowest BCUT2D eigenvalue weighted by Gasteiger charge is -2.11. The summed E-state index contributed by atoms with van der Waals surface area (Å²) in [7, 11) is 0. The number of aromatic nitrogens is 1. The van der Waals surface area contributed by atoms with Crippen LogP contribution in [0.4, 0.5) is 4.39 Å². The average molecular weight is 334 g/mol. The molecule has 1 aromatic heterocycles. The van der Waals surface area contributed by atoms with E-state index in [4.69, 9.17) is 0 Å². The molecule has 0 atom stereocenters. The molecule has 2 aromatic rings. The van der Waals surface area contributed by atoms with E-state index in [9.17, 15) is 4.39 Å². The van der Waals surface area contributed by atoms with Gasteiger partial charge in [-0.05, 0) is 44.9 Å². The number of benzene rings is 1. The maximum absolute atomic E-state index is 12.9. The summed E-state index contributed by atoms with van der Waals surface area (Å²) in [5.41, 5.74) is 2.18. The van der Waals surface area contributed by atoms with Crippen LogP contribution < -0.4 is 10.6 Å². The zero-order valence-corrected chi connectivity index (χ0v) is 14.6. The topological polar surface area (TPSA) is 49.3 Å². The van der Waals surface area contributed by atoms with Gasteiger partial charge in [-0.25, -0.2) is 14.4 Å². The zero-order chi connectivity index (χ0) is 16.7. The van der Waals surface area contributed by atoms with Gasteiger partial charge in [0.05, 0.1) is 12.2 Å². The van der Waals surface area contributed by atoms with Gasteiger partial charge in [0.2, 0.25) is 0 Å². The smallest absolute Gasteiger partial charge is 0.191 e. The second kappa shape index (κ2) is 8.62. The van der Waals surface area contributed by atoms with Crippen molar-refractivity contribution in [2.75, 3.05) is 13.1 Å². The van der Waals surface area contributed by atoms with Crippen LogP contribution in [-0.2, 0) is 13.0 Å². The van der Waals surface area contributed by atoms with Crippen molar-refractivity contribution in [1.29, 1.82) is 0 Å². The number of nitrogens with one attached hydrogen (secondary N) is 2. The summed E-state index contributed by atoms with van der Waals surface area (Å²) in [5, 5.41) is 7.55. The first kappa shape index (κ1) is 17.4. The van der Waals surface area contributed by atoms with E-state index in [1.165, 1.54) is 17.0 Å². The van der Waals surface area contributed by atoms with Crippen LogP contribution in [0.3, 0.4) is 0 Å². The molecule has 4 nitrogen and oxygen atoms in total. The summed E-state index contributed by atoms with van der Waals surface area (Å²) in [6.07, 6.45) is 0.820. The molecule has 1 aromatic carbocycles. The molecule has 0 unspecified atom stereocenters. The summed E-state index contributed by atoms with van der Waals surface area (Å²) in [6, 6.07) is 6.59. The normalized spacial score (nSPS) is 11.6. The van der Waals surface area contributed by atoms with E-state index < -0.39 is 0 Å². The Morgan fingerprint density at radius 3 is 2.57 bits per heavy atom. The number of rotatable bonds is 6. The summed E-state index contributed by atoms with van der Waals surface area (Å²) in [6.45, 7) is 8.25. The molecule has 0 spiro atoms. The SMILES string of the molecule is CCNC(=NCc1nc(C)c(C)s1)NCCc1ccc(F)cc1. The molecule has 0 amide bonds. The molecule has 0 radical (unpaired) electrons. The molecule has 0 aliphatic carbocycles. The first-order chi connectivity index (χ1) is 11.1. The number of hydrogen-bond acceptors (Lipinski definition) is 3. The van der Waals surface area contributed by atoms with Gasteiger partial charge < -0.3 is 10.6 Å². The first-order valence-electron chi connectivity index (χ1n) is 7.78. The Labute approximate surface area is 140 Å². The third-order valence-corrected chi connectivity index (χ3v) is 4.47. The lowest BCUT2D eigenvalue weighted by Crippen LogP contribution is -2.38. The number of halogens is 1. The number of hydrogen-bond donors (Lipinski definition) is 2. The molecule has 2 rings (SSSR count). The highest BCUT2D eigenvalue weighted by Gasteiger charge is 2.04.